The number of aromatic nitrogens is 2. The fourth-order valence-electron chi connectivity index (χ4n) is 1.52. The van der Waals surface area contributed by atoms with Crippen molar-refractivity contribution < 1.29 is 13.6 Å². The number of hydrogen-bond donors (Lipinski definition) is 0. The van der Waals surface area contributed by atoms with Gasteiger partial charge in [-0.3, -0.25) is 4.79 Å². The van der Waals surface area contributed by atoms with Crippen molar-refractivity contribution >= 4 is 5.78 Å². The molecular formula is C12H10F2N2O. The predicted octanol–water partition coefficient (Wildman–Crippen LogP) is 2.12. The van der Waals surface area contributed by atoms with Crippen molar-refractivity contribution in [3.63, 3.8) is 0 Å². The highest BCUT2D eigenvalue weighted by atomic mass is 19.1. The molecule has 88 valence electrons. The Hall–Kier alpha value is -2.04. The van der Waals surface area contributed by atoms with E-state index in [9.17, 15) is 13.6 Å². The highest BCUT2D eigenvalue weighted by Gasteiger charge is 2.15. The molecule has 0 radical (unpaired) electrons. The molecule has 0 saturated heterocycles. The Bertz CT molecular complexity index is 563. The number of imidazole rings is 1. The maximum Gasteiger partial charge on any atom is 0.173 e. The van der Waals surface area contributed by atoms with E-state index in [0.717, 1.165) is 18.2 Å². The SMILES string of the molecule is Cn1ccnc1CC(=O)c1cc(F)ccc1F. The average molecular weight is 236 g/mol. The smallest absolute Gasteiger partial charge is 0.173 e. The van der Waals surface area contributed by atoms with Crippen LogP contribution in [0.25, 0.3) is 0 Å². The number of ketones is 1. The third-order valence-corrected chi connectivity index (χ3v) is 2.47. The largest absolute Gasteiger partial charge is 0.338 e. The van der Waals surface area contributed by atoms with Gasteiger partial charge in [0.15, 0.2) is 5.78 Å². The lowest BCUT2D eigenvalue weighted by Gasteiger charge is -2.03. The van der Waals surface area contributed by atoms with Crippen molar-refractivity contribution in [2.45, 2.75) is 6.42 Å². The first-order valence-electron chi connectivity index (χ1n) is 5.02. The molecule has 0 N–H and O–H groups in total. The molecule has 0 aliphatic rings. The van der Waals surface area contributed by atoms with Crippen LogP contribution in [0.15, 0.2) is 30.6 Å². The number of Topliss-reactive ketones (excluding diaryl/α,β-unsaturated/α-hetero) is 1. The summed E-state index contributed by atoms with van der Waals surface area (Å²) in [4.78, 5) is 15.7. The Morgan fingerprint density at radius 2 is 2.18 bits per heavy atom. The average Bonchev–Trinajstić information content (AvgIpc) is 2.68. The van der Waals surface area contributed by atoms with Crippen LogP contribution in [-0.4, -0.2) is 15.3 Å². The Morgan fingerprint density at radius 1 is 1.41 bits per heavy atom. The summed E-state index contributed by atoms with van der Waals surface area (Å²) in [6.07, 6.45) is 3.18. The van der Waals surface area contributed by atoms with E-state index in [2.05, 4.69) is 4.98 Å². The Morgan fingerprint density at radius 3 is 2.82 bits per heavy atom. The van der Waals surface area contributed by atoms with Crippen LogP contribution in [0.2, 0.25) is 0 Å². The van der Waals surface area contributed by atoms with Gasteiger partial charge in [0, 0.05) is 19.4 Å². The third-order valence-electron chi connectivity index (χ3n) is 2.47. The Kier molecular flexibility index (Phi) is 2.99. The quantitative estimate of drug-likeness (QED) is 0.765. The number of rotatable bonds is 3. The van der Waals surface area contributed by atoms with Gasteiger partial charge in [0.2, 0.25) is 0 Å². The minimum Gasteiger partial charge on any atom is -0.338 e. The molecule has 3 nitrogen and oxygen atoms in total. The zero-order valence-electron chi connectivity index (χ0n) is 9.15. The van der Waals surface area contributed by atoms with E-state index in [4.69, 9.17) is 0 Å². The molecule has 2 rings (SSSR count). The number of halogens is 2. The number of aryl methyl sites for hydroxylation is 1. The molecular weight excluding hydrogens is 226 g/mol. The summed E-state index contributed by atoms with van der Waals surface area (Å²) in [5.74, 6) is -1.32. The first kappa shape index (κ1) is 11.4. The van der Waals surface area contributed by atoms with Crippen molar-refractivity contribution in [2.24, 2.45) is 7.05 Å². The van der Waals surface area contributed by atoms with E-state index in [0.29, 0.717) is 5.82 Å². The van der Waals surface area contributed by atoms with Crippen LogP contribution in [0.3, 0.4) is 0 Å². The van der Waals surface area contributed by atoms with Gasteiger partial charge < -0.3 is 4.57 Å². The molecule has 5 heteroatoms. The monoisotopic (exact) mass is 236 g/mol. The van der Waals surface area contributed by atoms with Crippen molar-refractivity contribution in [1.29, 1.82) is 0 Å². The molecule has 0 aliphatic heterocycles. The maximum atomic E-state index is 13.3. The molecule has 1 heterocycles. The van der Waals surface area contributed by atoms with Crippen LogP contribution in [0.5, 0.6) is 0 Å². The third kappa shape index (κ3) is 2.38. The minimum atomic E-state index is -0.717. The van der Waals surface area contributed by atoms with Crippen LogP contribution in [0, 0.1) is 11.6 Å². The number of carbonyl (C=O) groups excluding carboxylic acids is 1. The van der Waals surface area contributed by atoms with Gasteiger partial charge in [-0.1, -0.05) is 0 Å². The van der Waals surface area contributed by atoms with E-state index in [1.54, 1.807) is 24.0 Å². The van der Waals surface area contributed by atoms with Crippen LogP contribution >= 0.6 is 0 Å². The summed E-state index contributed by atoms with van der Waals surface area (Å²) in [6, 6.07) is 2.83. The molecule has 1 aromatic carbocycles. The summed E-state index contributed by atoms with van der Waals surface area (Å²) in [5.41, 5.74) is -0.243. The Balaban J connectivity index is 2.26. The van der Waals surface area contributed by atoms with Crippen LogP contribution in [0.1, 0.15) is 16.2 Å². The van der Waals surface area contributed by atoms with E-state index in [-0.39, 0.29) is 12.0 Å². The highest BCUT2D eigenvalue weighted by molar-refractivity contribution is 5.97. The van der Waals surface area contributed by atoms with Crippen molar-refractivity contribution in [3.05, 3.63) is 53.6 Å². The molecule has 2 aromatic rings. The molecule has 0 aliphatic carbocycles. The molecule has 0 atom stereocenters. The van der Waals surface area contributed by atoms with Gasteiger partial charge in [-0.2, -0.15) is 0 Å². The second kappa shape index (κ2) is 4.45. The zero-order valence-corrected chi connectivity index (χ0v) is 9.15. The standard InChI is InChI=1S/C12H10F2N2O/c1-16-5-4-15-12(16)7-11(17)9-6-8(13)2-3-10(9)14/h2-6H,7H2,1H3. The van der Waals surface area contributed by atoms with Crippen LogP contribution in [-0.2, 0) is 13.5 Å². The van der Waals surface area contributed by atoms with Gasteiger partial charge >= 0.3 is 0 Å². The lowest BCUT2D eigenvalue weighted by atomic mass is 10.1. The summed E-state index contributed by atoms with van der Waals surface area (Å²) in [7, 11) is 1.73. The van der Waals surface area contributed by atoms with Gasteiger partial charge in [0.1, 0.15) is 17.5 Å². The normalized spacial score (nSPS) is 10.5. The summed E-state index contributed by atoms with van der Waals surface area (Å²) in [5, 5.41) is 0. The topological polar surface area (TPSA) is 34.9 Å². The minimum absolute atomic E-state index is 0.0517. The molecule has 17 heavy (non-hydrogen) atoms. The van der Waals surface area contributed by atoms with E-state index in [1.807, 2.05) is 0 Å². The van der Waals surface area contributed by atoms with Gasteiger partial charge in [0.05, 0.1) is 12.0 Å². The summed E-state index contributed by atoms with van der Waals surface area (Å²) >= 11 is 0. The molecule has 0 unspecified atom stereocenters. The van der Waals surface area contributed by atoms with Gasteiger partial charge in [-0.15, -0.1) is 0 Å². The lowest BCUT2D eigenvalue weighted by molar-refractivity contribution is 0.0985. The highest BCUT2D eigenvalue weighted by Crippen LogP contribution is 2.12. The molecule has 0 spiro atoms. The molecule has 1 aromatic heterocycles. The second-order valence-electron chi connectivity index (χ2n) is 3.68. The van der Waals surface area contributed by atoms with Gasteiger partial charge in [0.25, 0.3) is 0 Å². The fraction of sp³-hybridized carbons (Fsp3) is 0.167. The lowest BCUT2D eigenvalue weighted by Crippen LogP contribution is -2.10. The first-order chi connectivity index (χ1) is 8.08. The van der Waals surface area contributed by atoms with Crippen molar-refractivity contribution in [1.82, 2.24) is 9.55 Å². The molecule has 0 saturated carbocycles. The number of hydrogen-bond acceptors (Lipinski definition) is 2. The van der Waals surface area contributed by atoms with Crippen LogP contribution < -0.4 is 0 Å². The zero-order chi connectivity index (χ0) is 12.4. The maximum absolute atomic E-state index is 13.3. The summed E-state index contributed by atoms with van der Waals surface area (Å²) in [6.45, 7) is 0. The van der Waals surface area contributed by atoms with Crippen molar-refractivity contribution in [2.75, 3.05) is 0 Å². The Labute approximate surface area is 96.7 Å². The molecule has 0 amide bonds. The van der Waals surface area contributed by atoms with E-state index in [1.165, 1.54) is 0 Å². The van der Waals surface area contributed by atoms with Gasteiger partial charge in [-0.25, -0.2) is 13.8 Å². The van der Waals surface area contributed by atoms with E-state index >= 15 is 0 Å². The number of carbonyl (C=O) groups is 1. The fourth-order valence-corrected chi connectivity index (χ4v) is 1.52. The number of nitrogens with zero attached hydrogens (tertiary/aromatic N) is 2. The molecule has 0 bridgehead atoms. The van der Waals surface area contributed by atoms with Crippen molar-refractivity contribution in [3.8, 4) is 0 Å². The second-order valence-corrected chi connectivity index (χ2v) is 3.68. The predicted molar refractivity (Wildman–Crippen MR) is 57.6 cm³/mol. The first-order valence-corrected chi connectivity index (χ1v) is 5.02. The van der Waals surface area contributed by atoms with E-state index < -0.39 is 17.4 Å². The van der Waals surface area contributed by atoms with Crippen LogP contribution in [0.4, 0.5) is 8.78 Å². The number of benzene rings is 1. The van der Waals surface area contributed by atoms with Gasteiger partial charge in [-0.05, 0) is 18.2 Å². The molecule has 0 fully saturated rings. The summed E-state index contributed by atoms with van der Waals surface area (Å²) < 4.78 is 27.9.